The molecule has 0 nitrogen and oxygen atoms in total. The van der Waals surface area contributed by atoms with Crippen LogP contribution in [0.5, 0.6) is 0 Å². The number of benzene rings is 2. The van der Waals surface area contributed by atoms with Gasteiger partial charge in [-0.1, -0.05) is 86.0 Å². The normalized spacial score (nSPS) is 10.0. The summed E-state index contributed by atoms with van der Waals surface area (Å²) < 4.78 is 0. The molecule has 0 heterocycles. The molecule has 0 atom stereocenters. The highest BCUT2D eigenvalue weighted by molar-refractivity contribution is 5.77. The first-order valence-corrected chi connectivity index (χ1v) is 6.84. The zero-order valence-corrected chi connectivity index (χ0v) is 11.8. The van der Waals surface area contributed by atoms with E-state index in [0.29, 0.717) is 0 Å². The molecule has 0 spiro atoms. The maximum atomic E-state index is 4.18. The molecule has 0 fully saturated rings. The van der Waals surface area contributed by atoms with Crippen molar-refractivity contribution in [2.75, 3.05) is 0 Å². The van der Waals surface area contributed by atoms with Crippen molar-refractivity contribution >= 4 is 5.57 Å². The van der Waals surface area contributed by atoms with E-state index in [4.69, 9.17) is 0 Å². The zero-order chi connectivity index (χ0) is 14.4. The summed E-state index contributed by atoms with van der Waals surface area (Å²) in [6, 6.07) is 18.9. The number of aryl methyl sites for hydroxylation is 1. The summed E-state index contributed by atoms with van der Waals surface area (Å²) in [5.74, 6) is 0. The molecule has 0 heteroatoms. The van der Waals surface area contributed by atoms with Crippen molar-refractivity contribution in [2.24, 2.45) is 0 Å². The predicted octanol–water partition coefficient (Wildman–Crippen LogP) is 5.42. The molecule has 0 aliphatic heterocycles. The van der Waals surface area contributed by atoms with Crippen molar-refractivity contribution in [2.45, 2.75) is 12.8 Å². The molecule has 20 heavy (non-hydrogen) atoms. The Hall–Kier alpha value is -2.34. The Morgan fingerprint density at radius 3 is 2.05 bits per heavy atom. The average molecular weight is 260 g/mol. The van der Waals surface area contributed by atoms with E-state index in [1.165, 1.54) is 16.7 Å². The van der Waals surface area contributed by atoms with Crippen LogP contribution >= 0.6 is 0 Å². The van der Waals surface area contributed by atoms with E-state index in [1.807, 2.05) is 24.3 Å². The van der Waals surface area contributed by atoms with Crippen molar-refractivity contribution in [1.82, 2.24) is 0 Å². The molecule has 0 radical (unpaired) electrons. The third-order valence-electron chi connectivity index (χ3n) is 3.45. The van der Waals surface area contributed by atoms with Crippen LogP contribution in [-0.4, -0.2) is 0 Å². The SMILES string of the molecule is C=CC(=C)CCc1ccc(C(=C)c2ccccc2)cc1. The lowest BCUT2D eigenvalue weighted by Gasteiger charge is -2.08. The fraction of sp³-hybridized carbons (Fsp3) is 0.100. The van der Waals surface area contributed by atoms with E-state index in [9.17, 15) is 0 Å². The second-order valence-corrected chi connectivity index (χ2v) is 4.90. The molecule has 100 valence electrons. The van der Waals surface area contributed by atoms with Crippen LogP contribution in [0.4, 0.5) is 0 Å². The first-order chi connectivity index (χ1) is 9.70. The summed E-state index contributed by atoms with van der Waals surface area (Å²) in [7, 11) is 0. The van der Waals surface area contributed by atoms with Crippen molar-refractivity contribution < 1.29 is 0 Å². The summed E-state index contributed by atoms with van der Waals surface area (Å²) in [4.78, 5) is 0. The topological polar surface area (TPSA) is 0 Å². The third kappa shape index (κ3) is 3.58. The molecule has 0 saturated heterocycles. The summed E-state index contributed by atoms with van der Waals surface area (Å²) in [5.41, 5.74) is 5.80. The Morgan fingerprint density at radius 2 is 1.45 bits per heavy atom. The molecular weight excluding hydrogens is 240 g/mol. The van der Waals surface area contributed by atoms with Gasteiger partial charge in [-0.05, 0) is 35.1 Å². The lowest BCUT2D eigenvalue weighted by molar-refractivity contribution is 0.969. The standard InChI is InChI=1S/C20H20/c1-4-16(2)10-11-18-12-14-20(15-13-18)17(3)19-8-6-5-7-9-19/h4-9,12-15H,1-3,10-11H2. The minimum Gasteiger partial charge on any atom is -0.0988 e. The van der Waals surface area contributed by atoms with Gasteiger partial charge in [0.25, 0.3) is 0 Å². The predicted molar refractivity (Wildman–Crippen MR) is 88.7 cm³/mol. The molecule has 0 N–H and O–H groups in total. The molecule has 2 aromatic rings. The van der Waals surface area contributed by atoms with Gasteiger partial charge in [0.05, 0.1) is 0 Å². The van der Waals surface area contributed by atoms with Gasteiger partial charge in [0.2, 0.25) is 0 Å². The Kier molecular flexibility index (Phi) is 4.73. The van der Waals surface area contributed by atoms with Gasteiger partial charge in [0.1, 0.15) is 0 Å². The van der Waals surface area contributed by atoms with Gasteiger partial charge in [-0.25, -0.2) is 0 Å². The summed E-state index contributed by atoms with van der Waals surface area (Å²) in [6.07, 6.45) is 3.79. The first-order valence-electron chi connectivity index (χ1n) is 6.84. The van der Waals surface area contributed by atoms with Crippen LogP contribution in [-0.2, 0) is 6.42 Å². The van der Waals surface area contributed by atoms with Gasteiger partial charge in [0.15, 0.2) is 0 Å². The molecule has 0 saturated carbocycles. The monoisotopic (exact) mass is 260 g/mol. The second-order valence-electron chi connectivity index (χ2n) is 4.90. The van der Waals surface area contributed by atoms with E-state index in [2.05, 4.69) is 56.1 Å². The summed E-state index contributed by atoms with van der Waals surface area (Å²) >= 11 is 0. The van der Waals surface area contributed by atoms with Crippen LogP contribution in [0.1, 0.15) is 23.1 Å². The lowest BCUT2D eigenvalue weighted by atomic mass is 9.97. The van der Waals surface area contributed by atoms with Gasteiger partial charge >= 0.3 is 0 Å². The highest BCUT2D eigenvalue weighted by atomic mass is 14.1. The Labute approximate surface area is 121 Å². The quantitative estimate of drug-likeness (QED) is 0.608. The average Bonchev–Trinajstić information content (AvgIpc) is 2.53. The van der Waals surface area contributed by atoms with Gasteiger partial charge in [-0.2, -0.15) is 0 Å². The smallest absolute Gasteiger partial charge is 0.0183 e. The molecule has 2 rings (SSSR count). The number of rotatable bonds is 6. The van der Waals surface area contributed by atoms with Crippen molar-refractivity contribution in [3.05, 3.63) is 103 Å². The van der Waals surface area contributed by atoms with Crippen molar-refractivity contribution in [3.8, 4) is 0 Å². The minimum absolute atomic E-state index is 0.961. The highest BCUT2D eigenvalue weighted by Crippen LogP contribution is 2.22. The molecular formula is C20H20. The van der Waals surface area contributed by atoms with E-state index < -0.39 is 0 Å². The van der Waals surface area contributed by atoms with Crippen molar-refractivity contribution in [3.63, 3.8) is 0 Å². The Balaban J connectivity index is 2.06. The van der Waals surface area contributed by atoms with E-state index in [-0.39, 0.29) is 0 Å². The van der Waals surface area contributed by atoms with Gasteiger partial charge < -0.3 is 0 Å². The van der Waals surface area contributed by atoms with Crippen LogP contribution < -0.4 is 0 Å². The van der Waals surface area contributed by atoms with Crippen LogP contribution in [0.25, 0.3) is 5.57 Å². The van der Waals surface area contributed by atoms with Crippen LogP contribution in [0.3, 0.4) is 0 Å². The molecule has 0 bridgehead atoms. The highest BCUT2D eigenvalue weighted by Gasteiger charge is 2.02. The van der Waals surface area contributed by atoms with Gasteiger partial charge in [0, 0.05) is 0 Å². The second kappa shape index (κ2) is 6.72. The van der Waals surface area contributed by atoms with E-state index in [0.717, 1.165) is 24.0 Å². The third-order valence-corrected chi connectivity index (χ3v) is 3.45. The fourth-order valence-corrected chi connectivity index (χ4v) is 2.09. The van der Waals surface area contributed by atoms with Crippen molar-refractivity contribution in [1.29, 1.82) is 0 Å². The fourth-order valence-electron chi connectivity index (χ4n) is 2.09. The Bertz CT molecular complexity index is 600. The maximum Gasteiger partial charge on any atom is -0.0183 e. The molecule has 0 aliphatic rings. The Morgan fingerprint density at radius 1 is 0.850 bits per heavy atom. The molecule has 2 aromatic carbocycles. The van der Waals surface area contributed by atoms with Crippen LogP contribution in [0.15, 0.2) is 86.0 Å². The van der Waals surface area contributed by atoms with E-state index in [1.54, 1.807) is 0 Å². The summed E-state index contributed by atoms with van der Waals surface area (Å²) in [6.45, 7) is 11.9. The molecule has 0 unspecified atom stereocenters. The van der Waals surface area contributed by atoms with Gasteiger partial charge in [-0.15, -0.1) is 0 Å². The van der Waals surface area contributed by atoms with Crippen LogP contribution in [0.2, 0.25) is 0 Å². The van der Waals surface area contributed by atoms with Crippen LogP contribution in [0, 0.1) is 0 Å². The number of hydrogen-bond acceptors (Lipinski definition) is 0. The zero-order valence-electron chi connectivity index (χ0n) is 11.8. The lowest BCUT2D eigenvalue weighted by Crippen LogP contribution is -1.89. The maximum absolute atomic E-state index is 4.18. The first kappa shape index (κ1) is 14.1. The number of allylic oxidation sites excluding steroid dienone is 2. The molecule has 0 aliphatic carbocycles. The molecule has 0 aromatic heterocycles. The van der Waals surface area contributed by atoms with E-state index >= 15 is 0 Å². The summed E-state index contributed by atoms with van der Waals surface area (Å²) in [5, 5.41) is 0. The molecule has 0 amide bonds. The van der Waals surface area contributed by atoms with Gasteiger partial charge in [-0.3, -0.25) is 0 Å². The largest absolute Gasteiger partial charge is 0.0988 e. The minimum atomic E-state index is 0.961. The number of hydrogen-bond donors (Lipinski definition) is 0.